The highest BCUT2D eigenvalue weighted by atomic mass is 16.5. The summed E-state index contributed by atoms with van der Waals surface area (Å²) in [6.45, 7) is 1.95. The van der Waals surface area contributed by atoms with Gasteiger partial charge in [-0.3, -0.25) is 0 Å². The third kappa shape index (κ3) is 26.3. The van der Waals surface area contributed by atoms with Gasteiger partial charge in [0.25, 0.3) is 0 Å². The van der Waals surface area contributed by atoms with Gasteiger partial charge in [0.15, 0.2) is 0 Å². The Hall–Kier alpha value is -0.280. The van der Waals surface area contributed by atoms with Crippen LogP contribution in [-0.4, -0.2) is 82.5 Å². The van der Waals surface area contributed by atoms with Crippen molar-refractivity contribution in [3.63, 3.8) is 0 Å². The summed E-state index contributed by atoms with van der Waals surface area (Å²) in [5, 5.41) is 62.1. The number of hydrogen-bond acceptors (Lipinski definition) is 7. The lowest BCUT2D eigenvalue weighted by atomic mass is 9.78. The second kappa shape index (κ2) is 38.6. The zero-order valence-electron chi connectivity index (χ0n) is 35.5. The van der Waals surface area contributed by atoms with Crippen molar-refractivity contribution in [1.29, 1.82) is 0 Å². The minimum atomic E-state index is -1.24. The molecule has 0 rings (SSSR count). The smallest absolute Gasteiger partial charge is 0.0701 e. The summed E-state index contributed by atoms with van der Waals surface area (Å²) < 4.78 is 6.62. The molecule has 0 aliphatic rings. The molecule has 0 amide bonds. The second-order valence-electron chi connectivity index (χ2n) is 17.0. The Morgan fingerprint density at radius 2 is 0.453 bits per heavy atom. The first kappa shape index (κ1) is 52.7. The molecule has 0 fully saturated rings. The van der Waals surface area contributed by atoms with Gasteiger partial charge >= 0.3 is 0 Å². The van der Waals surface area contributed by atoms with Crippen LogP contribution in [0.3, 0.4) is 0 Å². The zero-order valence-corrected chi connectivity index (χ0v) is 35.5. The van der Waals surface area contributed by atoms with E-state index in [1.54, 1.807) is 0 Å². The van der Waals surface area contributed by atoms with Crippen molar-refractivity contribution in [3.05, 3.63) is 0 Å². The number of ether oxygens (including phenoxy) is 1. The first-order valence-electron chi connectivity index (χ1n) is 23.3. The van der Waals surface area contributed by atoms with Crippen LogP contribution in [0, 0.1) is 10.8 Å². The molecule has 7 nitrogen and oxygen atoms in total. The standard InChI is InChI=1S/C46H94O7/c1-3-5-7-9-11-13-15-17-19-21-23-25-27-29-31-33-35-43(45(37-47,38-48)39-49)53-44(46(40-50,41-51)42-52)36-34-32-30-28-26-24-22-20-18-16-14-12-10-8-6-4-2/h43-44,47-52H,3-42H2,1-2H3. The van der Waals surface area contributed by atoms with Crippen molar-refractivity contribution in [2.24, 2.45) is 10.8 Å². The van der Waals surface area contributed by atoms with E-state index in [4.69, 9.17) is 4.74 Å². The highest BCUT2D eigenvalue weighted by Gasteiger charge is 2.45. The molecule has 0 bridgehead atoms. The minimum Gasteiger partial charge on any atom is -0.396 e. The maximum Gasteiger partial charge on any atom is 0.0701 e. The molecule has 53 heavy (non-hydrogen) atoms. The van der Waals surface area contributed by atoms with E-state index in [9.17, 15) is 30.6 Å². The fraction of sp³-hybridized carbons (Fsp3) is 1.00. The van der Waals surface area contributed by atoms with Crippen LogP contribution in [0.25, 0.3) is 0 Å². The molecule has 320 valence electrons. The van der Waals surface area contributed by atoms with Crippen LogP contribution in [0.2, 0.25) is 0 Å². The predicted molar refractivity (Wildman–Crippen MR) is 224 cm³/mol. The fourth-order valence-electron chi connectivity index (χ4n) is 7.90. The lowest BCUT2D eigenvalue weighted by molar-refractivity contribution is -0.191. The molecule has 0 saturated heterocycles. The molecule has 0 aromatic heterocycles. The summed E-state index contributed by atoms with van der Waals surface area (Å²) >= 11 is 0. The average molecular weight is 759 g/mol. The van der Waals surface area contributed by atoms with Gasteiger partial charge in [0.05, 0.1) is 62.7 Å². The van der Waals surface area contributed by atoms with Crippen molar-refractivity contribution in [2.45, 2.75) is 244 Å². The molecular formula is C46H94O7. The average Bonchev–Trinajstić information content (AvgIpc) is 3.18. The van der Waals surface area contributed by atoms with E-state index in [-0.39, 0.29) is 0 Å². The molecule has 0 aromatic carbocycles. The molecule has 0 saturated carbocycles. The topological polar surface area (TPSA) is 131 Å². The lowest BCUT2D eigenvalue weighted by Crippen LogP contribution is -2.53. The molecule has 7 heteroatoms. The monoisotopic (exact) mass is 759 g/mol. The predicted octanol–water partition coefficient (Wildman–Crippen LogP) is 11.0. The Labute approximate surface area is 329 Å². The van der Waals surface area contributed by atoms with Crippen molar-refractivity contribution in [2.75, 3.05) is 39.6 Å². The Bertz CT molecular complexity index is 637. The number of aliphatic hydroxyl groups is 6. The Morgan fingerprint density at radius 3 is 0.623 bits per heavy atom. The van der Waals surface area contributed by atoms with Gasteiger partial charge in [-0.2, -0.15) is 0 Å². The van der Waals surface area contributed by atoms with Crippen molar-refractivity contribution < 1.29 is 35.4 Å². The van der Waals surface area contributed by atoms with Crippen molar-refractivity contribution in [1.82, 2.24) is 0 Å². The van der Waals surface area contributed by atoms with E-state index in [1.165, 1.54) is 167 Å². The molecule has 0 radical (unpaired) electrons. The third-order valence-electron chi connectivity index (χ3n) is 12.2. The molecule has 2 atom stereocenters. The Morgan fingerprint density at radius 1 is 0.283 bits per heavy atom. The Balaban J connectivity index is 4.64. The second-order valence-corrected chi connectivity index (χ2v) is 17.0. The van der Waals surface area contributed by atoms with Crippen LogP contribution in [-0.2, 0) is 4.74 Å². The van der Waals surface area contributed by atoms with Gasteiger partial charge in [-0.25, -0.2) is 0 Å². The van der Waals surface area contributed by atoms with Gasteiger partial charge in [-0.15, -0.1) is 0 Å². The van der Waals surface area contributed by atoms with Crippen molar-refractivity contribution >= 4 is 0 Å². The highest BCUT2D eigenvalue weighted by molar-refractivity contribution is 4.92. The first-order chi connectivity index (χ1) is 26.0. The van der Waals surface area contributed by atoms with E-state index in [0.717, 1.165) is 38.5 Å². The van der Waals surface area contributed by atoms with E-state index in [0.29, 0.717) is 12.8 Å². The molecular weight excluding hydrogens is 664 g/mol. The quantitative estimate of drug-likeness (QED) is 0.0341. The van der Waals surface area contributed by atoms with Gasteiger partial charge in [-0.05, 0) is 12.8 Å². The molecule has 0 spiro atoms. The SMILES string of the molecule is CCCCCCCCCCCCCCCCCCC(OC(CCCCCCCCCCCCCCCCCC)C(CO)(CO)CO)C(CO)(CO)CO. The maximum atomic E-state index is 10.3. The zero-order chi connectivity index (χ0) is 39.1. The first-order valence-corrected chi connectivity index (χ1v) is 23.3. The van der Waals surface area contributed by atoms with Crippen LogP contribution in [0.5, 0.6) is 0 Å². The van der Waals surface area contributed by atoms with Gasteiger partial charge in [0.2, 0.25) is 0 Å². The maximum absolute atomic E-state index is 10.3. The van der Waals surface area contributed by atoms with Crippen molar-refractivity contribution in [3.8, 4) is 0 Å². The summed E-state index contributed by atoms with van der Waals surface area (Å²) in [5.41, 5.74) is -2.48. The molecule has 0 heterocycles. The molecule has 0 aliphatic heterocycles. The third-order valence-corrected chi connectivity index (χ3v) is 12.2. The van der Waals surface area contributed by atoms with Crippen LogP contribution in [0.15, 0.2) is 0 Å². The van der Waals surface area contributed by atoms with E-state index in [2.05, 4.69) is 13.8 Å². The lowest BCUT2D eigenvalue weighted by Gasteiger charge is -2.43. The van der Waals surface area contributed by atoms with Crippen LogP contribution in [0.1, 0.15) is 232 Å². The summed E-state index contributed by atoms with van der Waals surface area (Å²) in [4.78, 5) is 0. The van der Waals surface area contributed by atoms with Crippen LogP contribution < -0.4 is 0 Å². The fourth-order valence-corrected chi connectivity index (χ4v) is 7.90. The normalized spacial score (nSPS) is 13.6. The summed E-state index contributed by atoms with van der Waals surface area (Å²) in [7, 11) is 0. The van der Waals surface area contributed by atoms with Gasteiger partial charge < -0.3 is 35.4 Å². The summed E-state index contributed by atoms with van der Waals surface area (Å²) in [6.07, 6.45) is 40.5. The number of rotatable bonds is 44. The molecule has 0 aliphatic carbocycles. The van der Waals surface area contributed by atoms with Gasteiger partial charge in [0.1, 0.15) is 0 Å². The van der Waals surface area contributed by atoms with E-state index >= 15 is 0 Å². The summed E-state index contributed by atoms with van der Waals surface area (Å²) in [5.74, 6) is 0. The number of unbranched alkanes of at least 4 members (excludes halogenated alkanes) is 30. The molecule has 2 unspecified atom stereocenters. The molecule has 0 aromatic rings. The number of aliphatic hydroxyl groups excluding tert-OH is 6. The van der Waals surface area contributed by atoms with Crippen LogP contribution in [0.4, 0.5) is 0 Å². The molecule has 6 N–H and O–H groups in total. The number of hydrogen-bond donors (Lipinski definition) is 6. The summed E-state index contributed by atoms with van der Waals surface area (Å²) in [6, 6.07) is 0. The highest BCUT2D eigenvalue weighted by Crippen LogP contribution is 2.35. The van der Waals surface area contributed by atoms with Gasteiger partial charge in [0, 0.05) is 0 Å². The van der Waals surface area contributed by atoms with E-state index < -0.39 is 62.7 Å². The minimum absolute atomic E-state index is 0.431. The van der Waals surface area contributed by atoms with E-state index in [1.807, 2.05) is 0 Å². The largest absolute Gasteiger partial charge is 0.396 e. The van der Waals surface area contributed by atoms with Crippen LogP contribution >= 0.6 is 0 Å². The van der Waals surface area contributed by atoms with Gasteiger partial charge in [-0.1, -0.05) is 219 Å². The Kier molecular flexibility index (Phi) is 38.4.